The minimum Gasteiger partial charge on any atom is -0.481 e. The van der Waals surface area contributed by atoms with E-state index in [0.29, 0.717) is 18.5 Å². The summed E-state index contributed by atoms with van der Waals surface area (Å²) >= 11 is 0. The van der Waals surface area contributed by atoms with Crippen molar-refractivity contribution >= 4 is 22.8 Å². The maximum absolute atomic E-state index is 12.4. The summed E-state index contributed by atoms with van der Waals surface area (Å²) in [7, 11) is 3.61. The third kappa shape index (κ3) is 2.82. The molecule has 0 bridgehead atoms. The van der Waals surface area contributed by atoms with Crippen molar-refractivity contribution in [1.29, 1.82) is 0 Å². The Labute approximate surface area is 117 Å². The van der Waals surface area contributed by atoms with Gasteiger partial charge in [-0.3, -0.25) is 9.59 Å². The molecule has 0 aliphatic carbocycles. The van der Waals surface area contributed by atoms with Crippen LogP contribution in [0.1, 0.15) is 23.2 Å². The molecule has 0 saturated carbocycles. The van der Waals surface area contributed by atoms with Gasteiger partial charge in [0.2, 0.25) is 0 Å². The van der Waals surface area contributed by atoms with Gasteiger partial charge in [-0.15, -0.1) is 0 Å². The summed E-state index contributed by atoms with van der Waals surface area (Å²) in [6.07, 6.45) is 2.36. The van der Waals surface area contributed by atoms with Gasteiger partial charge in [-0.25, -0.2) is 0 Å². The number of fused-ring (bicyclic) bond motifs is 1. The van der Waals surface area contributed by atoms with Crippen LogP contribution in [0, 0.1) is 0 Å². The Morgan fingerprint density at radius 2 is 2.00 bits per heavy atom. The molecule has 0 unspecified atom stereocenters. The summed E-state index contributed by atoms with van der Waals surface area (Å²) in [6, 6.07) is 7.74. The minimum atomic E-state index is -0.837. The number of benzene rings is 1. The second kappa shape index (κ2) is 5.77. The summed E-state index contributed by atoms with van der Waals surface area (Å²) in [6.45, 7) is 0.439. The average molecular weight is 274 g/mol. The molecule has 0 radical (unpaired) electrons. The van der Waals surface area contributed by atoms with Crippen molar-refractivity contribution in [2.45, 2.75) is 12.8 Å². The van der Waals surface area contributed by atoms with Gasteiger partial charge in [0.05, 0.1) is 5.56 Å². The molecule has 1 heterocycles. The van der Waals surface area contributed by atoms with Crippen LogP contribution in [0.15, 0.2) is 30.5 Å². The first-order valence-corrected chi connectivity index (χ1v) is 6.52. The minimum absolute atomic E-state index is 0.0765. The van der Waals surface area contributed by atoms with Crippen LogP contribution in [-0.4, -0.2) is 40.0 Å². The first-order chi connectivity index (χ1) is 9.50. The molecule has 106 valence electrons. The Kier molecular flexibility index (Phi) is 4.08. The maximum atomic E-state index is 12.4. The largest absolute Gasteiger partial charge is 0.481 e. The van der Waals surface area contributed by atoms with Crippen molar-refractivity contribution < 1.29 is 14.7 Å². The molecule has 2 rings (SSSR count). The van der Waals surface area contributed by atoms with E-state index in [2.05, 4.69) is 0 Å². The van der Waals surface area contributed by atoms with E-state index in [9.17, 15) is 9.59 Å². The third-order valence-corrected chi connectivity index (χ3v) is 3.36. The second-order valence-electron chi connectivity index (χ2n) is 4.89. The quantitative estimate of drug-likeness (QED) is 0.908. The topological polar surface area (TPSA) is 62.5 Å². The van der Waals surface area contributed by atoms with E-state index >= 15 is 0 Å². The molecular weight excluding hydrogens is 256 g/mol. The number of carbonyl (C=O) groups excluding carboxylic acids is 1. The van der Waals surface area contributed by atoms with E-state index in [1.54, 1.807) is 11.9 Å². The van der Waals surface area contributed by atoms with Crippen LogP contribution < -0.4 is 0 Å². The van der Waals surface area contributed by atoms with E-state index in [1.165, 1.54) is 0 Å². The summed E-state index contributed by atoms with van der Waals surface area (Å²) in [5.41, 5.74) is 1.66. The summed E-state index contributed by atoms with van der Waals surface area (Å²) in [5, 5.41) is 9.54. The van der Waals surface area contributed by atoms with Gasteiger partial charge in [0, 0.05) is 44.2 Å². The molecule has 1 N–H and O–H groups in total. The highest BCUT2D eigenvalue weighted by Gasteiger charge is 2.17. The van der Waals surface area contributed by atoms with Crippen LogP contribution in [0.4, 0.5) is 0 Å². The van der Waals surface area contributed by atoms with Crippen molar-refractivity contribution in [3.63, 3.8) is 0 Å². The molecule has 0 fully saturated rings. The summed E-state index contributed by atoms with van der Waals surface area (Å²) in [4.78, 5) is 24.5. The third-order valence-electron chi connectivity index (χ3n) is 3.36. The number of aromatic nitrogens is 1. The van der Waals surface area contributed by atoms with Gasteiger partial charge < -0.3 is 14.6 Å². The van der Waals surface area contributed by atoms with Crippen molar-refractivity contribution in [2.24, 2.45) is 7.05 Å². The number of carbonyl (C=O) groups is 2. The molecule has 0 atom stereocenters. The molecule has 5 nitrogen and oxygen atoms in total. The highest BCUT2D eigenvalue weighted by atomic mass is 16.4. The fraction of sp³-hybridized carbons (Fsp3) is 0.333. The number of rotatable bonds is 5. The number of carboxylic acids is 1. The molecule has 0 saturated heterocycles. The van der Waals surface area contributed by atoms with Gasteiger partial charge in [0.1, 0.15) is 0 Å². The first-order valence-electron chi connectivity index (χ1n) is 6.52. The molecule has 2 aromatic rings. The SMILES string of the molecule is CN(CCCC(=O)O)C(=O)c1cn(C)c2ccccc12. The van der Waals surface area contributed by atoms with Crippen molar-refractivity contribution in [2.75, 3.05) is 13.6 Å². The fourth-order valence-electron chi connectivity index (χ4n) is 2.29. The van der Waals surface area contributed by atoms with Crippen LogP contribution in [-0.2, 0) is 11.8 Å². The molecule has 1 amide bonds. The highest BCUT2D eigenvalue weighted by molar-refractivity contribution is 6.06. The molecule has 1 aromatic carbocycles. The lowest BCUT2D eigenvalue weighted by atomic mass is 10.1. The predicted molar refractivity (Wildman–Crippen MR) is 76.7 cm³/mol. The van der Waals surface area contributed by atoms with Crippen LogP contribution in [0.25, 0.3) is 10.9 Å². The summed E-state index contributed by atoms with van der Waals surface area (Å²) < 4.78 is 1.92. The van der Waals surface area contributed by atoms with Crippen LogP contribution in [0.2, 0.25) is 0 Å². The van der Waals surface area contributed by atoms with Gasteiger partial charge in [-0.2, -0.15) is 0 Å². The molecule has 1 aromatic heterocycles. The van der Waals surface area contributed by atoms with E-state index in [4.69, 9.17) is 5.11 Å². The molecular formula is C15H18N2O3. The number of aryl methyl sites for hydroxylation is 1. The van der Waals surface area contributed by atoms with Gasteiger partial charge in [0.25, 0.3) is 5.91 Å². The van der Waals surface area contributed by atoms with E-state index in [1.807, 2.05) is 42.1 Å². The van der Waals surface area contributed by atoms with Gasteiger partial charge in [-0.1, -0.05) is 18.2 Å². The highest BCUT2D eigenvalue weighted by Crippen LogP contribution is 2.21. The standard InChI is InChI=1S/C15H18N2O3/c1-16(9-5-8-14(18)19)15(20)12-10-17(2)13-7-4-3-6-11(12)13/h3-4,6-7,10H,5,8-9H2,1-2H3,(H,18,19). The van der Waals surface area contributed by atoms with Crippen LogP contribution >= 0.6 is 0 Å². The van der Waals surface area contributed by atoms with E-state index < -0.39 is 5.97 Å². The lowest BCUT2D eigenvalue weighted by molar-refractivity contribution is -0.137. The lowest BCUT2D eigenvalue weighted by Gasteiger charge is -2.16. The van der Waals surface area contributed by atoms with Gasteiger partial charge in [0.15, 0.2) is 0 Å². The number of hydrogen-bond donors (Lipinski definition) is 1. The zero-order valence-corrected chi connectivity index (χ0v) is 11.7. The summed E-state index contributed by atoms with van der Waals surface area (Å²) in [5.74, 6) is -0.914. The Balaban J connectivity index is 2.17. The monoisotopic (exact) mass is 274 g/mol. The Morgan fingerprint density at radius 1 is 1.30 bits per heavy atom. The number of para-hydroxylation sites is 1. The fourth-order valence-corrected chi connectivity index (χ4v) is 2.29. The number of aliphatic carboxylic acids is 1. The smallest absolute Gasteiger partial charge is 0.303 e. The van der Waals surface area contributed by atoms with E-state index in [0.717, 1.165) is 10.9 Å². The predicted octanol–water partition coefficient (Wildman–Crippen LogP) is 2.12. The van der Waals surface area contributed by atoms with Crippen molar-refractivity contribution in [3.8, 4) is 0 Å². The van der Waals surface area contributed by atoms with Crippen LogP contribution in [0.5, 0.6) is 0 Å². The zero-order valence-electron chi connectivity index (χ0n) is 11.7. The Bertz CT molecular complexity index is 646. The zero-order chi connectivity index (χ0) is 14.7. The average Bonchev–Trinajstić information content (AvgIpc) is 2.75. The molecule has 5 heteroatoms. The number of nitrogens with zero attached hydrogens (tertiary/aromatic N) is 2. The van der Waals surface area contributed by atoms with Gasteiger partial charge in [-0.05, 0) is 12.5 Å². The van der Waals surface area contributed by atoms with Crippen molar-refractivity contribution in [1.82, 2.24) is 9.47 Å². The van der Waals surface area contributed by atoms with E-state index in [-0.39, 0.29) is 12.3 Å². The Morgan fingerprint density at radius 3 is 2.70 bits per heavy atom. The second-order valence-corrected chi connectivity index (χ2v) is 4.89. The van der Waals surface area contributed by atoms with Crippen molar-refractivity contribution in [3.05, 3.63) is 36.0 Å². The molecule has 0 spiro atoms. The number of hydrogen-bond acceptors (Lipinski definition) is 2. The number of amides is 1. The van der Waals surface area contributed by atoms with Crippen LogP contribution in [0.3, 0.4) is 0 Å². The normalized spacial score (nSPS) is 10.7. The maximum Gasteiger partial charge on any atom is 0.303 e. The van der Waals surface area contributed by atoms with Gasteiger partial charge >= 0.3 is 5.97 Å². The molecule has 0 aliphatic heterocycles. The number of carboxylic acid groups (broad SMARTS) is 1. The first kappa shape index (κ1) is 14.1. The Hall–Kier alpha value is -2.30. The molecule has 0 aliphatic rings. The molecule has 20 heavy (non-hydrogen) atoms. The lowest BCUT2D eigenvalue weighted by Crippen LogP contribution is -2.28.